The van der Waals surface area contributed by atoms with Crippen molar-refractivity contribution in [3.05, 3.63) is 63.3 Å². The van der Waals surface area contributed by atoms with Crippen molar-refractivity contribution >= 4 is 28.5 Å². The van der Waals surface area contributed by atoms with Crippen LogP contribution in [0.1, 0.15) is 34.8 Å². The van der Waals surface area contributed by atoms with Gasteiger partial charge in [-0.25, -0.2) is 19.2 Å². The van der Waals surface area contributed by atoms with Gasteiger partial charge >= 0.3 is 5.97 Å². The third kappa shape index (κ3) is 3.19. The van der Waals surface area contributed by atoms with Gasteiger partial charge in [-0.2, -0.15) is 0 Å². The SMILES string of the molecule is COc1ccc(C2=C3CN(c4nc5c(cc4F)c(=O)c(C(=O)O)cn5C4CC4)CC3ON2)cn1. The first-order chi connectivity index (χ1) is 16.4. The molecular formula is C23H20FN5O5. The van der Waals surface area contributed by atoms with Crippen molar-refractivity contribution in [3.63, 3.8) is 0 Å². The number of aromatic carboxylic acids is 1. The maximum Gasteiger partial charge on any atom is 0.341 e. The maximum absolute atomic E-state index is 15.2. The van der Waals surface area contributed by atoms with Crippen LogP contribution in [0, 0.1) is 5.82 Å². The van der Waals surface area contributed by atoms with Gasteiger partial charge in [-0.15, -0.1) is 0 Å². The van der Waals surface area contributed by atoms with Gasteiger partial charge in [0.1, 0.15) is 17.3 Å². The number of fused-ring (bicyclic) bond motifs is 2. The number of rotatable bonds is 5. The predicted molar refractivity (Wildman–Crippen MR) is 119 cm³/mol. The number of pyridine rings is 3. The molecule has 0 radical (unpaired) electrons. The molecule has 6 rings (SSSR count). The van der Waals surface area contributed by atoms with E-state index in [0.717, 1.165) is 35.7 Å². The average molecular weight is 465 g/mol. The molecule has 1 aliphatic carbocycles. The van der Waals surface area contributed by atoms with Crippen molar-refractivity contribution in [1.82, 2.24) is 20.0 Å². The Kier molecular flexibility index (Phi) is 4.56. The van der Waals surface area contributed by atoms with Crippen molar-refractivity contribution in [3.8, 4) is 5.88 Å². The second-order valence-electron chi connectivity index (χ2n) is 8.56. The number of carbonyl (C=O) groups is 1. The lowest BCUT2D eigenvalue weighted by Gasteiger charge is -2.20. The molecule has 11 heteroatoms. The van der Waals surface area contributed by atoms with E-state index in [4.69, 9.17) is 9.57 Å². The molecule has 174 valence electrons. The van der Waals surface area contributed by atoms with Crippen LogP contribution in [0.2, 0.25) is 0 Å². The summed E-state index contributed by atoms with van der Waals surface area (Å²) < 4.78 is 22.0. The fraction of sp³-hybridized carbons (Fsp3) is 0.304. The van der Waals surface area contributed by atoms with Gasteiger partial charge in [-0.1, -0.05) is 0 Å². The van der Waals surface area contributed by atoms with E-state index in [1.165, 1.54) is 6.20 Å². The number of anilines is 1. The van der Waals surface area contributed by atoms with Crippen LogP contribution in [-0.4, -0.2) is 51.9 Å². The van der Waals surface area contributed by atoms with E-state index in [9.17, 15) is 14.7 Å². The van der Waals surface area contributed by atoms with Crippen molar-refractivity contribution in [2.45, 2.75) is 25.0 Å². The number of hydroxylamine groups is 1. The number of nitrogens with zero attached hydrogens (tertiary/aromatic N) is 4. The van der Waals surface area contributed by atoms with Crippen LogP contribution in [-0.2, 0) is 4.84 Å². The van der Waals surface area contributed by atoms with Gasteiger partial charge in [0.05, 0.1) is 24.7 Å². The predicted octanol–water partition coefficient (Wildman–Crippen LogP) is 2.11. The second-order valence-corrected chi connectivity index (χ2v) is 8.56. The highest BCUT2D eigenvalue weighted by molar-refractivity contribution is 5.92. The van der Waals surface area contributed by atoms with E-state index in [0.29, 0.717) is 24.6 Å². The fourth-order valence-corrected chi connectivity index (χ4v) is 4.52. The number of ether oxygens (including phenoxy) is 1. The third-order valence-corrected chi connectivity index (χ3v) is 6.40. The van der Waals surface area contributed by atoms with Gasteiger partial charge in [-0.3, -0.25) is 15.1 Å². The number of aromatic nitrogens is 3. The number of halogens is 1. The molecule has 3 aromatic rings. The van der Waals surface area contributed by atoms with Crippen molar-refractivity contribution in [1.29, 1.82) is 0 Å². The van der Waals surface area contributed by atoms with Gasteiger partial charge in [-0.05, 0) is 25.0 Å². The summed E-state index contributed by atoms with van der Waals surface area (Å²) in [6, 6.07) is 4.76. The fourth-order valence-electron chi connectivity index (χ4n) is 4.52. The molecule has 3 aliphatic rings. The average Bonchev–Trinajstić information content (AvgIpc) is 3.47. The number of carboxylic acid groups (broad SMARTS) is 1. The minimum atomic E-state index is -1.34. The number of nitrogens with one attached hydrogen (secondary N) is 1. The van der Waals surface area contributed by atoms with Crippen LogP contribution >= 0.6 is 0 Å². The highest BCUT2D eigenvalue weighted by Gasteiger charge is 2.38. The van der Waals surface area contributed by atoms with Crippen LogP contribution < -0.4 is 20.5 Å². The summed E-state index contributed by atoms with van der Waals surface area (Å²) in [5, 5.41) is 9.38. The number of carboxylic acids is 1. The zero-order chi connectivity index (χ0) is 23.6. The largest absolute Gasteiger partial charge is 0.481 e. The van der Waals surface area contributed by atoms with Crippen LogP contribution in [0.5, 0.6) is 5.88 Å². The molecule has 0 bridgehead atoms. The first-order valence-corrected chi connectivity index (χ1v) is 10.8. The molecule has 5 heterocycles. The van der Waals surface area contributed by atoms with Crippen LogP contribution in [0.25, 0.3) is 16.7 Å². The second kappa shape index (κ2) is 7.52. The molecule has 1 unspecified atom stereocenters. The Labute approximate surface area is 192 Å². The van der Waals surface area contributed by atoms with Gasteiger partial charge in [0.25, 0.3) is 0 Å². The normalized spacial score (nSPS) is 19.5. The van der Waals surface area contributed by atoms with E-state index in [-0.39, 0.29) is 28.9 Å². The lowest BCUT2D eigenvalue weighted by Crippen LogP contribution is -2.27. The molecule has 2 N–H and O–H groups in total. The smallest absolute Gasteiger partial charge is 0.341 e. The van der Waals surface area contributed by atoms with Crippen LogP contribution in [0.3, 0.4) is 0 Å². The summed E-state index contributed by atoms with van der Waals surface area (Å²) in [6.07, 6.45) is 4.40. The molecular weight excluding hydrogens is 445 g/mol. The highest BCUT2D eigenvalue weighted by atomic mass is 19.1. The number of hydrogen-bond acceptors (Lipinski definition) is 8. The van der Waals surface area contributed by atoms with Gasteiger partial charge in [0, 0.05) is 42.2 Å². The molecule has 3 aromatic heterocycles. The van der Waals surface area contributed by atoms with E-state index < -0.39 is 17.2 Å². The molecule has 0 amide bonds. The lowest BCUT2D eigenvalue weighted by atomic mass is 10.1. The Morgan fingerprint density at radius 1 is 1.35 bits per heavy atom. The summed E-state index contributed by atoms with van der Waals surface area (Å²) in [5.41, 5.74) is 4.64. The molecule has 1 atom stereocenters. The van der Waals surface area contributed by atoms with Gasteiger partial charge in [0.15, 0.2) is 11.6 Å². The first-order valence-electron chi connectivity index (χ1n) is 10.8. The Morgan fingerprint density at radius 2 is 2.18 bits per heavy atom. The van der Waals surface area contributed by atoms with Crippen LogP contribution in [0.4, 0.5) is 10.2 Å². The maximum atomic E-state index is 15.2. The highest BCUT2D eigenvalue weighted by Crippen LogP contribution is 2.38. The lowest BCUT2D eigenvalue weighted by molar-refractivity contribution is 0.0578. The molecule has 34 heavy (non-hydrogen) atoms. The van der Waals surface area contributed by atoms with Crippen LogP contribution in [0.15, 0.2) is 41.0 Å². The quantitative estimate of drug-likeness (QED) is 0.584. The molecule has 2 aliphatic heterocycles. The Hall–Kier alpha value is -3.99. The monoisotopic (exact) mass is 465 g/mol. The van der Waals surface area contributed by atoms with E-state index >= 15 is 4.39 Å². The molecule has 2 fully saturated rings. The summed E-state index contributed by atoms with van der Waals surface area (Å²) in [6.45, 7) is 0.737. The number of methoxy groups -OCH3 is 1. The standard InChI is InChI=1S/C23H20FN5O5/c1-33-18-5-2-11(7-25-18)19-14-8-28(10-17(14)34-27-19)22-16(24)6-13-20(30)15(23(31)32)9-29(12-3-4-12)21(13)26-22/h2,5-7,9,12,17,27H,3-4,8,10H2,1H3,(H,31,32). The summed E-state index contributed by atoms with van der Waals surface area (Å²) in [7, 11) is 1.54. The zero-order valence-electron chi connectivity index (χ0n) is 18.1. The van der Waals surface area contributed by atoms with Gasteiger partial charge < -0.3 is 19.3 Å². The summed E-state index contributed by atoms with van der Waals surface area (Å²) in [5.74, 6) is -1.43. The summed E-state index contributed by atoms with van der Waals surface area (Å²) >= 11 is 0. The molecule has 1 saturated heterocycles. The van der Waals surface area contributed by atoms with Crippen molar-refractivity contribution < 1.29 is 23.9 Å². The Bertz CT molecular complexity index is 1430. The summed E-state index contributed by atoms with van der Waals surface area (Å²) in [4.78, 5) is 40.5. The topological polar surface area (TPSA) is 119 Å². The van der Waals surface area contributed by atoms with E-state index in [1.807, 2.05) is 6.07 Å². The molecule has 10 nitrogen and oxygen atoms in total. The van der Waals surface area contributed by atoms with Gasteiger partial charge in [0.2, 0.25) is 11.3 Å². The molecule has 0 aromatic carbocycles. The van der Waals surface area contributed by atoms with Crippen molar-refractivity contribution in [2.75, 3.05) is 25.1 Å². The third-order valence-electron chi connectivity index (χ3n) is 6.40. The van der Waals surface area contributed by atoms with Crippen molar-refractivity contribution in [2.24, 2.45) is 0 Å². The van der Waals surface area contributed by atoms with E-state index in [2.05, 4.69) is 15.4 Å². The zero-order valence-corrected chi connectivity index (χ0v) is 18.1. The number of hydrogen-bond donors (Lipinski definition) is 2. The Balaban J connectivity index is 1.41. The Morgan fingerprint density at radius 3 is 2.85 bits per heavy atom. The minimum absolute atomic E-state index is 0.0328. The minimum Gasteiger partial charge on any atom is -0.481 e. The molecule has 0 spiro atoms. The first kappa shape index (κ1) is 20.6. The molecule has 1 saturated carbocycles. The van der Waals surface area contributed by atoms with E-state index in [1.54, 1.807) is 28.8 Å².